The highest BCUT2D eigenvalue weighted by Gasteiger charge is 2.26. The van der Waals surface area contributed by atoms with Crippen molar-refractivity contribution >= 4 is 5.69 Å². The molecule has 1 fully saturated rings. The fourth-order valence-corrected chi connectivity index (χ4v) is 1.97. The number of nitrogens with zero attached hydrogens (tertiary/aromatic N) is 2. The predicted octanol–water partition coefficient (Wildman–Crippen LogP) is 2.87. The molecule has 94 valence electrons. The molecule has 1 aromatic rings. The van der Waals surface area contributed by atoms with E-state index in [1.165, 1.54) is 11.9 Å². The van der Waals surface area contributed by atoms with Gasteiger partial charge in [0, 0.05) is 13.6 Å². The molecule has 0 N–H and O–H groups in total. The van der Waals surface area contributed by atoms with Gasteiger partial charge in [-0.15, -0.1) is 0 Å². The highest BCUT2D eigenvalue weighted by molar-refractivity contribution is 5.47. The van der Waals surface area contributed by atoms with Gasteiger partial charge in [-0.05, 0) is 18.8 Å². The highest BCUT2D eigenvalue weighted by atomic mass is 19.2. The fourth-order valence-electron chi connectivity index (χ4n) is 1.97. The molecule has 1 aromatic heterocycles. The van der Waals surface area contributed by atoms with E-state index >= 15 is 0 Å². The van der Waals surface area contributed by atoms with Crippen molar-refractivity contribution in [2.75, 3.05) is 18.5 Å². The highest BCUT2D eigenvalue weighted by Crippen LogP contribution is 2.31. The Balaban J connectivity index is 2.29. The van der Waals surface area contributed by atoms with Gasteiger partial charge in [0.1, 0.15) is 5.69 Å². The molecule has 0 unspecified atom stereocenters. The van der Waals surface area contributed by atoms with Gasteiger partial charge in [0.2, 0.25) is 11.6 Å². The fraction of sp³-hybridized carbons (Fsp3) is 0.545. The minimum atomic E-state index is -1.61. The van der Waals surface area contributed by atoms with E-state index in [9.17, 15) is 17.6 Å². The quantitative estimate of drug-likeness (QED) is 0.604. The number of hydrogen-bond donors (Lipinski definition) is 0. The largest absolute Gasteiger partial charge is 0.369 e. The first-order valence-corrected chi connectivity index (χ1v) is 5.41. The predicted molar refractivity (Wildman–Crippen MR) is 54.7 cm³/mol. The zero-order chi connectivity index (χ0) is 12.6. The number of rotatable bonds is 3. The minimum Gasteiger partial charge on any atom is -0.369 e. The topological polar surface area (TPSA) is 16.1 Å². The smallest absolute Gasteiger partial charge is 0.253 e. The van der Waals surface area contributed by atoms with Crippen LogP contribution in [0.5, 0.6) is 0 Å². The summed E-state index contributed by atoms with van der Waals surface area (Å²) in [5.74, 6) is -5.77. The SMILES string of the molecule is CN(CC1CCC1)c1c(F)c(F)nc(F)c1F. The van der Waals surface area contributed by atoms with Crippen LogP contribution >= 0.6 is 0 Å². The molecule has 0 aromatic carbocycles. The molecule has 17 heavy (non-hydrogen) atoms. The summed E-state index contributed by atoms with van der Waals surface area (Å²) in [6, 6.07) is 0. The van der Waals surface area contributed by atoms with Crippen molar-refractivity contribution in [2.24, 2.45) is 5.92 Å². The third-order valence-corrected chi connectivity index (χ3v) is 3.11. The molecule has 1 saturated carbocycles. The van der Waals surface area contributed by atoms with Gasteiger partial charge in [-0.25, -0.2) is 0 Å². The molecule has 0 bridgehead atoms. The summed E-state index contributed by atoms with van der Waals surface area (Å²) in [7, 11) is 1.42. The van der Waals surface area contributed by atoms with Crippen LogP contribution in [0.1, 0.15) is 19.3 Å². The molecule has 2 rings (SSSR count). The van der Waals surface area contributed by atoms with Crippen LogP contribution in [0.2, 0.25) is 0 Å². The Kier molecular flexibility index (Phi) is 3.22. The van der Waals surface area contributed by atoms with Crippen LogP contribution in [0.15, 0.2) is 0 Å². The van der Waals surface area contributed by atoms with E-state index in [1.54, 1.807) is 0 Å². The molecule has 0 spiro atoms. The van der Waals surface area contributed by atoms with Gasteiger partial charge in [-0.2, -0.15) is 22.5 Å². The molecule has 0 radical (unpaired) electrons. The van der Waals surface area contributed by atoms with Crippen molar-refractivity contribution in [3.05, 3.63) is 23.5 Å². The maximum Gasteiger partial charge on any atom is 0.253 e. The van der Waals surface area contributed by atoms with Crippen LogP contribution in [-0.4, -0.2) is 18.6 Å². The van der Waals surface area contributed by atoms with Gasteiger partial charge in [-0.1, -0.05) is 6.42 Å². The average Bonchev–Trinajstić information content (AvgIpc) is 2.21. The molecule has 1 heterocycles. The van der Waals surface area contributed by atoms with Crippen molar-refractivity contribution in [3.8, 4) is 0 Å². The summed E-state index contributed by atoms with van der Waals surface area (Å²) in [6.45, 7) is 0.386. The van der Waals surface area contributed by atoms with Gasteiger partial charge in [-0.3, -0.25) is 0 Å². The van der Waals surface area contributed by atoms with E-state index in [0.717, 1.165) is 19.3 Å². The third-order valence-electron chi connectivity index (χ3n) is 3.11. The molecule has 0 aliphatic heterocycles. The van der Waals surface area contributed by atoms with E-state index in [4.69, 9.17) is 0 Å². The number of aromatic nitrogens is 1. The lowest BCUT2D eigenvalue weighted by Gasteiger charge is -2.31. The molecule has 0 saturated heterocycles. The van der Waals surface area contributed by atoms with Crippen molar-refractivity contribution in [2.45, 2.75) is 19.3 Å². The normalized spacial score (nSPS) is 15.8. The monoisotopic (exact) mass is 248 g/mol. The Morgan fingerprint density at radius 2 is 1.65 bits per heavy atom. The van der Waals surface area contributed by atoms with Crippen LogP contribution in [0.3, 0.4) is 0 Å². The standard InChI is InChI=1S/C11H12F4N2/c1-17(5-6-3-2-4-6)9-7(12)10(14)16-11(15)8(9)13/h6H,2-5H2,1H3. The van der Waals surface area contributed by atoms with Crippen molar-refractivity contribution < 1.29 is 17.6 Å². The van der Waals surface area contributed by atoms with Gasteiger partial charge >= 0.3 is 0 Å². The van der Waals surface area contributed by atoms with Gasteiger partial charge in [0.05, 0.1) is 0 Å². The van der Waals surface area contributed by atoms with Gasteiger partial charge in [0.15, 0.2) is 0 Å². The minimum absolute atomic E-state index is 0.332. The summed E-state index contributed by atoms with van der Waals surface area (Å²) in [4.78, 5) is 3.73. The van der Waals surface area contributed by atoms with E-state index in [-0.39, 0.29) is 0 Å². The zero-order valence-electron chi connectivity index (χ0n) is 9.31. The second-order valence-electron chi connectivity index (χ2n) is 4.35. The second-order valence-corrected chi connectivity index (χ2v) is 4.35. The number of halogens is 4. The summed E-state index contributed by atoms with van der Waals surface area (Å²) in [5.41, 5.74) is -0.679. The first kappa shape index (κ1) is 12.1. The van der Waals surface area contributed by atoms with Crippen LogP contribution < -0.4 is 4.90 Å². The maximum absolute atomic E-state index is 13.4. The summed E-state index contributed by atoms with van der Waals surface area (Å²) in [6.07, 6.45) is 3.04. The Bertz CT molecular complexity index is 406. The molecule has 0 atom stereocenters. The number of pyridine rings is 1. The van der Waals surface area contributed by atoms with E-state index < -0.39 is 29.2 Å². The summed E-state index contributed by atoms with van der Waals surface area (Å²) >= 11 is 0. The molecular weight excluding hydrogens is 236 g/mol. The maximum atomic E-state index is 13.4. The first-order valence-electron chi connectivity index (χ1n) is 5.41. The Morgan fingerprint density at radius 3 is 2.06 bits per heavy atom. The lowest BCUT2D eigenvalue weighted by atomic mass is 9.85. The molecule has 1 aliphatic rings. The van der Waals surface area contributed by atoms with Gasteiger partial charge < -0.3 is 4.90 Å². The zero-order valence-corrected chi connectivity index (χ0v) is 9.31. The van der Waals surface area contributed by atoms with E-state index in [1.807, 2.05) is 0 Å². The van der Waals surface area contributed by atoms with Crippen LogP contribution in [0.4, 0.5) is 23.2 Å². The van der Waals surface area contributed by atoms with Crippen LogP contribution in [-0.2, 0) is 0 Å². The number of hydrogen-bond acceptors (Lipinski definition) is 2. The third kappa shape index (κ3) is 2.21. The molecule has 6 heteroatoms. The first-order chi connectivity index (χ1) is 8.00. The van der Waals surface area contributed by atoms with E-state index in [2.05, 4.69) is 4.98 Å². The van der Waals surface area contributed by atoms with Crippen molar-refractivity contribution in [1.82, 2.24) is 4.98 Å². The molecular formula is C11H12F4N2. The Hall–Kier alpha value is -1.33. The van der Waals surface area contributed by atoms with Crippen molar-refractivity contribution in [3.63, 3.8) is 0 Å². The van der Waals surface area contributed by atoms with Crippen LogP contribution in [0.25, 0.3) is 0 Å². The Morgan fingerprint density at radius 1 is 1.12 bits per heavy atom. The van der Waals surface area contributed by atoms with Crippen LogP contribution in [0, 0.1) is 29.4 Å². The lowest BCUT2D eigenvalue weighted by Crippen LogP contribution is -2.31. The Labute approximate surface area is 96.3 Å². The molecule has 2 nitrogen and oxygen atoms in total. The van der Waals surface area contributed by atoms with Gasteiger partial charge in [0.25, 0.3) is 11.9 Å². The molecule has 0 amide bonds. The average molecular weight is 248 g/mol. The second kappa shape index (κ2) is 4.50. The summed E-state index contributed by atoms with van der Waals surface area (Å²) < 4.78 is 52.5. The van der Waals surface area contributed by atoms with Crippen molar-refractivity contribution in [1.29, 1.82) is 0 Å². The number of anilines is 1. The lowest BCUT2D eigenvalue weighted by molar-refractivity contribution is 0.318. The van der Waals surface area contributed by atoms with E-state index in [0.29, 0.717) is 12.5 Å². The molecule has 1 aliphatic carbocycles. The summed E-state index contributed by atoms with van der Waals surface area (Å²) in [5, 5.41) is 0.